The Hall–Kier alpha value is -1.18. The molecule has 6 nitrogen and oxygen atoms in total. The van der Waals surface area contributed by atoms with Gasteiger partial charge in [0, 0.05) is 17.1 Å². The number of halogens is 1. The van der Waals surface area contributed by atoms with E-state index in [4.69, 9.17) is 0 Å². The molecule has 0 aromatic heterocycles. The van der Waals surface area contributed by atoms with Crippen LogP contribution in [0.2, 0.25) is 0 Å². The smallest absolute Gasteiger partial charge is 0.293 e. The maximum absolute atomic E-state index is 11.0. The number of likely N-dealkylation sites (N-methyl/N-ethyl adjacent to an activating group) is 1. The molecule has 0 bridgehead atoms. The van der Waals surface area contributed by atoms with Gasteiger partial charge in [-0.1, -0.05) is 15.9 Å². The number of nitro benzene ring substituents is 1. The van der Waals surface area contributed by atoms with E-state index in [1.807, 2.05) is 11.9 Å². The Labute approximate surface area is 119 Å². The molecule has 2 N–H and O–H groups in total. The normalized spacial score (nSPS) is 24.2. The Kier molecular flexibility index (Phi) is 4.38. The summed E-state index contributed by atoms with van der Waals surface area (Å²) >= 11 is 3.22. The highest BCUT2D eigenvalue weighted by Crippen LogP contribution is 2.29. The number of aliphatic hydroxyl groups is 1. The molecule has 0 unspecified atom stereocenters. The first-order valence-corrected chi connectivity index (χ1v) is 6.84. The fourth-order valence-electron chi connectivity index (χ4n) is 2.24. The molecule has 1 aromatic rings. The van der Waals surface area contributed by atoms with Crippen molar-refractivity contribution >= 4 is 27.3 Å². The van der Waals surface area contributed by atoms with E-state index in [1.165, 1.54) is 6.07 Å². The highest BCUT2D eigenvalue weighted by atomic mass is 79.9. The monoisotopic (exact) mass is 329 g/mol. The molecule has 0 radical (unpaired) electrons. The SMILES string of the molecule is CN1CC[C@H](Nc2ccc(Br)cc2[N+](=O)[O-])[C@@H](O)C1. The minimum absolute atomic E-state index is 0.0144. The Bertz CT molecular complexity index is 483. The second-order valence-electron chi connectivity index (χ2n) is 4.79. The van der Waals surface area contributed by atoms with E-state index in [0.717, 1.165) is 13.0 Å². The lowest BCUT2D eigenvalue weighted by atomic mass is 10.0. The summed E-state index contributed by atoms with van der Waals surface area (Å²) in [6.45, 7) is 1.43. The van der Waals surface area contributed by atoms with Crippen molar-refractivity contribution in [2.24, 2.45) is 0 Å². The van der Waals surface area contributed by atoms with Crippen LogP contribution in [0.4, 0.5) is 11.4 Å². The van der Waals surface area contributed by atoms with E-state index < -0.39 is 11.0 Å². The molecule has 104 valence electrons. The van der Waals surface area contributed by atoms with Crippen LogP contribution in [0.3, 0.4) is 0 Å². The molecular formula is C12H16BrN3O3. The molecule has 0 spiro atoms. The summed E-state index contributed by atoms with van der Waals surface area (Å²) in [5.41, 5.74) is 0.460. The summed E-state index contributed by atoms with van der Waals surface area (Å²) in [5.74, 6) is 0. The second kappa shape index (κ2) is 5.85. The number of piperidine rings is 1. The van der Waals surface area contributed by atoms with E-state index in [0.29, 0.717) is 16.7 Å². The van der Waals surface area contributed by atoms with Crippen LogP contribution in [0.15, 0.2) is 22.7 Å². The van der Waals surface area contributed by atoms with Crippen molar-refractivity contribution in [2.75, 3.05) is 25.5 Å². The van der Waals surface area contributed by atoms with E-state index in [1.54, 1.807) is 12.1 Å². The fraction of sp³-hybridized carbons (Fsp3) is 0.500. The Balaban J connectivity index is 2.17. The number of β-amino-alcohol motifs (C(OH)–C–C–N with tert-alkyl or cyclic N) is 1. The van der Waals surface area contributed by atoms with Gasteiger partial charge in [-0.3, -0.25) is 10.1 Å². The van der Waals surface area contributed by atoms with Crippen LogP contribution in [0.1, 0.15) is 6.42 Å². The van der Waals surface area contributed by atoms with E-state index in [9.17, 15) is 15.2 Å². The van der Waals surface area contributed by atoms with Crippen LogP contribution in [-0.2, 0) is 0 Å². The van der Waals surface area contributed by atoms with Crippen LogP contribution in [-0.4, -0.2) is 47.2 Å². The van der Waals surface area contributed by atoms with Gasteiger partial charge in [0.2, 0.25) is 0 Å². The standard InChI is InChI=1S/C12H16BrN3O3/c1-15-5-4-10(12(17)7-15)14-9-3-2-8(13)6-11(9)16(18)19/h2-3,6,10,12,14,17H,4-5,7H2,1H3/t10-,12-/m0/s1. The zero-order chi connectivity index (χ0) is 14.0. The first-order valence-electron chi connectivity index (χ1n) is 6.04. The molecule has 7 heteroatoms. The summed E-state index contributed by atoms with van der Waals surface area (Å²) in [6.07, 6.45) is 0.229. The summed E-state index contributed by atoms with van der Waals surface area (Å²) < 4.78 is 0.661. The van der Waals surface area contributed by atoms with E-state index in [2.05, 4.69) is 21.2 Å². The molecule has 1 heterocycles. The lowest BCUT2D eigenvalue weighted by molar-refractivity contribution is -0.384. The largest absolute Gasteiger partial charge is 0.390 e. The minimum Gasteiger partial charge on any atom is -0.390 e. The highest BCUT2D eigenvalue weighted by molar-refractivity contribution is 9.10. The molecule has 1 aliphatic rings. The van der Waals surface area contributed by atoms with Gasteiger partial charge in [-0.15, -0.1) is 0 Å². The average Bonchev–Trinajstić information content (AvgIpc) is 2.34. The van der Waals surface area contributed by atoms with Crippen molar-refractivity contribution in [3.63, 3.8) is 0 Å². The second-order valence-corrected chi connectivity index (χ2v) is 5.70. The number of likely N-dealkylation sites (tertiary alicyclic amines) is 1. The Morgan fingerprint density at radius 1 is 1.58 bits per heavy atom. The average molecular weight is 330 g/mol. The number of rotatable bonds is 3. The number of anilines is 1. The maximum atomic E-state index is 11.0. The van der Waals surface area contributed by atoms with Crippen LogP contribution < -0.4 is 5.32 Å². The lowest BCUT2D eigenvalue weighted by Gasteiger charge is -2.34. The number of aliphatic hydroxyl groups excluding tert-OH is 1. The van der Waals surface area contributed by atoms with Crippen LogP contribution in [0.25, 0.3) is 0 Å². The lowest BCUT2D eigenvalue weighted by Crippen LogP contribution is -2.48. The molecule has 2 atom stereocenters. The summed E-state index contributed by atoms with van der Waals surface area (Å²) in [7, 11) is 1.95. The number of nitrogens with zero attached hydrogens (tertiary/aromatic N) is 2. The van der Waals surface area contributed by atoms with Crippen molar-refractivity contribution in [1.29, 1.82) is 0 Å². The van der Waals surface area contributed by atoms with E-state index in [-0.39, 0.29) is 11.7 Å². The summed E-state index contributed by atoms with van der Waals surface area (Å²) in [4.78, 5) is 12.6. The first kappa shape index (κ1) is 14.2. The third-order valence-corrected chi connectivity index (χ3v) is 3.78. The van der Waals surface area contributed by atoms with Gasteiger partial charge in [0.05, 0.1) is 17.1 Å². The number of hydrogen-bond acceptors (Lipinski definition) is 5. The van der Waals surface area contributed by atoms with Crippen molar-refractivity contribution in [1.82, 2.24) is 4.90 Å². The molecule has 0 saturated carbocycles. The zero-order valence-electron chi connectivity index (χ0n) is 10.5. The van der Waals surface area contributed by atoms with Gasteiger partial charge in [-0.2, -0.15) is 0 Å². The van der Waals surface area contributed by atoms with Gasteiger partial charge in [0.1, 0.15) is 5.69 Å². The molecule has 1 fully saturated rings. The van der Waals surface area contributed by atoms with E-state index >= 15 is 0 Å². The van der Waals surface area contributed by atoms with Gasteiger partial charge in [-0.05, 0) is 32.1 Å². The Morgan fingerprint density at radius 3 is 2.95 bits per heavy atom. The van der Waals surface area contributed by atoms with Crippen molar-refractivity contribution < 1.29 is 10.0 Å². The number of hydrogen-bond donors (Lipinski definition) is 2. The molecule has 0 aliphatic carbocycles. The van der Waals surface area contributed by atoms with Crippen molar-refractivity contribution in [3.05, 3.63) is 32.8 Å². The van der Waals surface area contributed by atoms with Gasteiger partial charge < -0.3 is 15.3 Å². The topological polar surface area (TPSA) is 78.6 Å². The molecule has 1 aromatic carbocycles. The predicted octanol–water partition coefficient (Wildman–Crippen LogP) is 1.83. The number of benzene rings is 1. The molecule has 1 aliphatic heterocycles. The van der Waals surface area contributed by atoms with Crippen LogP contribution >= 0.6 is 15.9 Å². The van der Waals surface area contributed by atoms with Gasteiger partial charge in [-0.25, -0.2) is 0 Å². The van der Waals surface area contributed by atoms with Crippen molar-refractivity contribution in [2.45, 2.75) is 18.6 Å². The van der Waals surface area contributed by atoms with Crippen LogP contribution in [0.5, 0.6) is 0 Å². The number of nitrogens with one attached hydrogen (secondary N) is 1. The molecule has 2 rings (SSSR count). The van der Waals surface area contributed by atoms with Crippen molar-refractivity contribution in [3.8, 4) is 0 Å². The maximum Gasteiger partial charge on any atom is 0.293 e. The molecular weight excluding hydrogens is 314 g/mol. The minimum atomic E-state index is -0.526. The zero-order valence-corrected chi connectivity index (χ0v) is 12.1. The third kappa shape index (κ3) is 3.43. The van der Waals surface area contributed by atoms with Gasteiger partial charge in [0.25, 0.3) is 5.69 Å². The quantitative estimate of drug-likeness (QED) is 0.653. The van der Waals surface area contributed by atoms with Gasteiger partial charge in [0.15, 0.2) is 0 Å². The summed E-state index contributed by atoms with van der Waals surface area (Å²) in [5, 5.41) is 24.1. The first-order chi connectivity index (χ1) is 8.97. The molecule has 19 heavy (non-hydrogen) atoms. The predicted molar refractivity (Wildman–Crippen MR) is 76.3 cm³/mol. The highest BCUT2D eigenvalue weighted by Gasteiger charge is 2.27. The van der Waals surface area contributed by atoms with Gasteiger partial charge >= 0.3 is 0 Å². The number of nitro groups is 1. The molecule has 0 amide bonds. The van der Waals surface area contributed by atoms with Crippen LogP contribution in [0, 0.1) is 10.1 Å². The Morgan fingerprint density at radius 2 is 2.32 bits per heavy atom. The summed E-state index contributed by atoms with van der Waals surface area (Å²) in [6, 6.07) is 4.71. The third-order valence-electron chi connectivity index (χ3n) is 3.28. The fourth-order valence-corrected chi connectivity index (χ4v) is 2.58. The molecule has 1 saturated heterocycles.